The lowest BCUT2D eigenvalue weighted by molar-refractivity contribution is 0.102. The van der Waals surface area contributed by atoms with Gasteiger partial charge >= 0.3 is 0 Å². The average Bonchev–Trinajstić information content (AvgIpc) is 3.02. The topological polar surface area (TPSA) is 93.1 Å². The number of carbonyl (C=O) groups excluding carboxylic acids is 2. The van der Waals surface area contributed by atoms with E-state index >= 15 is 0 Å². The Morgan fingerprint density at radius 1 is 0.500 bits per heavy atom. The number of para-hydroxylation sites is 2. The average molecular weight is 587 g/mol. The number of hydrogen-bond donors (Lipinski definition) is 2. The first-order valence-corrected chi connectivity index (χ1v) is 14.5. The van der Waals surface area contributed by atoms with E-state index in [-0.39, 0.29) is 46.0 Å². The molecule has 0 aliphatic heterocycles. The summed E-state index contributed by atoms with van der Waals surface area (Å²) in [5, 5.41) is 21.8. The highest BCUT2D eigenvalue weighted by Crippen LogP contribution is 2.43. The van der Waals surface area contributed by atoms with E-state index in [0.29, 0.717) is 34.1 Å². The third-order valence-electron chi connectivity index (χ3n) is 7.35. The molecule has 0 saturated carbocycles. The normalized spacial score (nSPS) is 11.0. The van der Waals surface area contributed by atoms with Crippen molar-refractivity contribution in [2.75, 3.05) is 0 Å². The van der Waals surface area contributed by atoms with Gasteiger partial charge in [-0.3, -0.25) is 9.59 Å². The molecule has 0 aromatic heterocycles. The van der Waals surface area contributed by atoms with Crippen LogP contribution in [0.1, 0.15) is 82.5 Å². The standard InChI is InChI=1S/C38H34O6/c1-23(2)27-19-29(37(41)25-13-7-5-8-14-25)31(39)21-35(27)43-33-17-11-12-18-34(33)44-36-22-32(40)30(20-28(36)24(3)4)38(42)26-15-9-6-10-16-26/h5-24,39-40H,1-4H3. The summed E-state index contributed by atoms with van der Waals surface area (Å²) < 4.78 is 12.7. The first-order chi connectivity index (χ1) is 21.1. The molecule has 0 radical (unpaired) electrons. The van der Waals surface area contributed by atoms with Crippen LogP contribution in [0.5, 0.6) is 34.5 Å². The largest absolute Gasteiger partial charge is 0.507 e. The molecule has 0 atom stereocenters. The minimum atomic E-state index is -0.282. The summed E-state index contributed by atoms with van der Waals surface area (Å²) in [5.41, 5.74) is 2.82. The van der Waals surface area contributed by atoms with E-state index in [0.717, 1.165) is 11.1 Å². The Hall–Kier alpha value is -5.36. The van der Waals surface area contributed by atoms with Gasteiger partial charge in [0.15, 0.2) is 23.1 Å². The maximum Gasteiger partial charge on any atom is 0.196 e. The summed E-state index contributed by atoms with van der Waals surface area (Å²) in [7, 11) is 0. The Bertz CT molecular complexity index is 1670. The number of ketones is 2. The lowest BCUT2D eigenvalue weighted by Gasteiger charge is -2.20. The Morgan fingerprint density at radius 2 is 0.841 bits per heavy atom. The molecule has 0 spiro atoms. The fourth-order valence-corrected chi connectivity index (χ4v) is 4.96. The number of phenolic OH excluding ortho intramolecular Hbond substituents is 2. The van der Waals surface area contributed by atoms with Gasteiger partial charge in [0.05, 0.1) is 11.1 Å². The number of carbonyl (C=O) groups is 2. The van der Waals surface area contributed by atoms with Crippen LogP contribution in [0.4, 0.5) is 0 Å². The zero-order valence-corrected chi connectivity index (χ0v) is 25.1. The van der Waals surface area contributed by atoms with E-state index < -0.39 is 0 Å². The SMILES string of the molecule is CC(C)c1cc(C(=O)c2ccccc2)c(O)cc1Oc1ccccc1Oc1cc(O)c(C(=O)c2ccccc2)cc1C(C)C. The summed E-state index contributed by atoms with van der Waals surface area (Å²) in [6.07, 6.45) is 0. The second-order valence-electron chi connectivity index (χ2n) is 11.2. The highest BCUT2D eigenvalue weighted by atomic mass is 16.5. The van der Waals surface area contributed by atoms with Crippen LogP contribution in [0.3, 0.4) is 0 Å². The van der Waals surface area contributed by atoms with Crippen LogP contribution in [0, 0.1) is 0 Å². The van der Waals surface area contributed by atoms with Crippen molar-refractivity contribution >= 4 is 11.6 Å². The minimum absolute atomic E-state index is 0.0276. The van der Waals surface area contributed by atoms with Crippen LogP contribution in [0.2, 0.25) is 0 Å². The van der Waals surface area contributed by atoms with Crippen LogP contribution in [-0.4, -0.2) is 21.8 Å². The Kier molecular flexibility index (Phi) is 8.81. The highest BCUT2D eigenvalue weighted by molar-refractivity contribution is 6.11. The second-order valence-corrected chi connectivity index (χ2v) is 11.2. The molecule has 0 aliphatic rings. The highest BCUT2D eigenvalue weighted by Gasteiger charge is 2.23. The van der Waals surface area contributed by atoms with Crippen LogP contribution >= 0.6 is 0 Å². The van der Waals surface area contributed by atoms with Crippen LogP contribution in [-0.2, 0) is 0 Å². The first-order valence-electron chi connectivity index (χ1n) is 14.5. The maximum absolute atomic E-state index is 13.2. The molecule has 5 aromatic carbocycles. The van der Waals surface area contributed by atoms with E-state index in [2.05, 4.69) is 0 Å². The predicted molar refractivity (Wildman–Crippen MR) is 171 cm³/mol. The van der Waals surface area contributed by atoms with E-state index in [4.69, 9.17) is 9.47 Å². The zero-order chi connectivity index (χ0) is 31.4. The number of phenols is 2. The van der Waals surface area contributed by atoms with Gasteiger partial charge in [-0.15, -0.1) is 0 Å². The van der Waals surface area contributed by atoms with Crippen molar-refractivity contribution < 1.29 is 29.3 Å². The Labute approximate surface area is 257 Å². The van der Waals surface area contributed by atoms with Crippen molar-refractivity contribution in [3.05, 3.63) is 143 Å². The van der Waals surface area contributed by atoms with Gasteiger partial charge in [-0.2, -0.15) is 0 Å². The van der Waals surface area contributed by atoms with Crippen molar-refractivity contribution in [3.8, 4) is 34.5 Å². The molecule has 5 aromatic rings. The zero-order valence-electron chi connectivity index (χ0n) is 25.1. The fraction of sp³-hybridized carbons (Fsp3) is 0.158. The van der Waals surface area contributed by atoms with E-state index in [9.17, 15) is 19.8 Å². The summed E-state index contributed by atoms with van der Waals surface area (Å²) >= 11 is 0. The van der Waals surface area contributed by atoms with E-state index in [1.807, 2.05) is 39.8 Å². The monoisotopic (exact) mass is 586 g/mol. The van der Waals surface area contributed by atoms with E-state index in [1.54, 1.807) is 84.9 Å². The molecule has 0 amide bonds. The number of hydrogen-bond acceptors (Lipinski definition) is 6. The lowest BCUT2D eigenvalue weighted by Crippen LogP contribution is -2.05. The van der Waals surface area contributed by atoms with Gasteiger partial charge in [0, 0.05) is 23.3 Å². The van der Waals surface area contributed by atoms with Gasteiger partial charge in [-0.05, 0) is 47.2 Å². The van der Waals surface area contributed by atoms with Gasteiger partial charge in [-0.1, -0.05) is 100 Å². The molecule has 6 heteroatoms. The molecule has 44 heavy (non-hydrogen) atoms. The summed E-state index contributed by atoms with van der Waals surface area (Å²) in [6.45, 7) is 7.92. The Balaban J connectivity index is 1.49. The van der Waals surface area contributed by atoms with Crippen LogP contribution < -0.4 is 9.47 Å². The number of aromatic hydroxyl groups is 2. The quantitative estimate of drug-likeness (QED) is 0.158. The van der Waals surface area contributed by atoms with Gasteiger partial charge in [0.1, 0.15) is 23.0 Å². The Morgan fingerprint density at radius 3 is 1.18 bits per heavy atom. The number of ether oxygens (including phenoxy) is 2. The summed E-state index contributed by atoms with van der Waals surface area (Å²) in [5.74, 6) is 0.503. The van der Waals surface area contributed by atoms with Crippen LogP contribution in [0.25, 0.3) is 0 Å². The summed E-state index contributed by atoms with van der Waals surface area (Å²) in [4.78, 5) is 26.3. The van der Waals surface area contributed by atoms with Gasteiger partial charge in [-0.25, -0.2) is 0 Å². The number of benzene rings is 5. The summed E-state index contributed by atoms with van der Waals surface area (Å²) in [6, 6.07) is 30.9. The molecule has 222 valence electrons. The van der Waals surface area contributed by atoms with Gasteiger partial charge in [0.2, 0.25) is 0 Å². The lowest BCUT2D eigenvalue weighted by atomic mass is 9.95. The molecule has 5 rings (SSSR count). The second kappa shape index (κ2) is 12.9. The van der Waals surface area contributed by atoms with Crippen LogP contribution in [0.15, 0.2) is 109 Å². The minimum Gasteiger partial charge on any atom is -0.507 e. The van der Waals surface area contributed by atoms with Gasteiger partial charge in [0.25, 0.3) is 0 Å². The van der Waals surface area contributed by atoms with Crippen molar-refractivity contribution in [2.45, 2.75) is 39.5 Å². The van der Waals surface area contributed by atoms with Crippen molar-refractivity contribution in [1.82, 2.24) is 0 Å². The fourth-order valence-electron chi connectivity index (χ4n) is 4.96. The molecule has 6 nitrogen and oxygen atoms in total. The number of rotatable bonds is 10. The molecule has 0 bridgehead atoms. The molecule has 0 fully saturated rings. The molecule has 0 unspecified atom stereocenters. The van der Waals surface area contributed by atoms with Crippen molar-refractivity contribution in [1.29, 1.82) is 0 Å². The third kappa shape index (κ3) is 6.35. The van der Waals surface area contributed by atoms with Crippen molar-refractivity contribution in [2.24, 2.45) is 0 Å². The molecular weight excluding hydrogens is 552 g/mol. The molecule has 0 saturated heterocycles. The van der Waals surface area contributed by atoms with Crippen molar-refractivity contribution in [3.63, 3.8) is 0 Å². The molecule has 0 heterocycles. The first kappa shape index (κ1) is 30.1. The molecule has 0 aliphatic carbocycles. The van der Waals surface area contributed by atoms with E-state index in [1.165, 1.54) is 12.1 Å². The third-order valence-corrected chi connectivity index (χ3v) is 7.35. The maximum atomic E-state index is 13.2. The molecule has 2 N–H and O–H groups in total. The smallest absolute Gasteiger partial charge is 0.196 e. The molecular formula is C38H34O6. The predicted octanol–water partition coefficient (Wildman–Crippen LogP) is 9.39. The van der Waals surface area contributed by atoms with Gasteiger partial charge < -0.3 is 19.7 Å².